The molecule has 0 aromatic heterocycles. The largest absolute Gasteiger partial charge is 0.395 e. The lowest BCUT2D eigenvalue weighted by molar-refractivity contribution is 0.0601. The first-order valence-electron chi connectivity index (χ1n) is 9.03. The Morgan fingerprint density at radius 2 is 1.52 bits per heavy atom. The number of hydrogen-bond acceptors (Lipinski definition) is 6. The van der Waals surface area contributed by atoms with Gasteiger partial charge in [0.25, 0.3) is 11.8 Å². The van der Waals surface area contributed by atoms with Crippen LogP contribution in [-0.2, 0) is 0 Å². The van der Waals surface area contributed by atoms with E-state index in [0.29, 0.717) is 42.7 Å². The minimum Gasteiger partial charge on any atom is -0.395 e. The van der Waals surface area contributed by atoms with Crippen molar-refractivity contribution in [3.05, 3.63) is 41.5 Å². The van der Waals surface area contributed by atoms with Crippen LogP contribution in [0.1, 0.15) is 20.7 Å². The van der Waals surface area contributed by atoms with Gasteiger partial charge in [-0.05, 0) is 32.3 Å². The lowest BCUT2D eigenvalue weighted by Gasteiger charge is -2.30. The summed E-state index contributed by atoms with van der Waals surface area (Å²) >= 11 is 0. The van der Waals surface area contributed by atoms with Crippen LogP contribution in [0.25, 0.3) is 10.8 Å². The molecule has 0 spiro atoms. The highest BCUT2D eigenvalue weighted by atomic mass is 16.3. The van der Waals surface area contributed by atoms with Crippen molar-refractivity contribution in [3.63, 3.8) is 0 Å². The number of rotatable bonds is 8. The zero-order valence-electron chi connectivity index (χ0n) is 15.7. The average molecular weight is 371 g/mol. The van der Waals surface area contributed by atoms with Crippen LogP contribution in [0.2, 0.25) is 0 Å². The summed E-state index contributed by atoms with van der Waals surface area (Å²) in [5, 5.41) is 20.1. The van der Waals surface area contributed by atoms with Gasteiger partial charge in [-0.25, -0.2) is 0 Å². The number of carbonyl (C=O) groups is 2. The fourth-order valence-electron chi connectivity index (χ4n) is 3.50. The Balaban J connectivity index is 2.11. The highest BCUT2D eigenvalue weighted by Crippen LogP contribution is 2.35. The minimum absolute atomic E-state index is 0.0564. The number of aliphatic hydroxyl groups is 2. The van der Waals surface area contributed by atoms with Gasteiger partial charge in [-0.15, -0.1) is 0 Å². The summed E-state index contributed by atoms with van der Waals surface area (Å²) in [6, 6.07) is 8.98. The number of amides is 2. The van der Waals surface area contributed by atoms with E-state index in [2.05, 4.69) is 0 Å². The molecular weight excluding hydrogens is 346 g/mol. The second kappa shape index (κ2) is 8.04. The number of anilines is 1. The Morgan fingerprint density at radius 1 is 0.889 bits per heavy atom. The van der Waals surface area contributed by atoms with Crippen molar-refractivity contribution in [3.8, 4) is 0 Å². The third-order valence-corrected chi connectivity index (χ3v) is 4.82. The maximum atomic E-state index is 13.0. The van der Waals surface area contributed by atoms with Gasteiger partial charge in [-0.3, -0.25) is 14.5 Å². The Kier molecular flexibility index (Phi) is 5.74. The predicted octanol–water partition coefficient (Wildman–Crippen LogP) is 0.788. The Hall–Kier alpha value is -2.48. The minimum atomic E-state index is -0.284. The molecule has 2 aromatic rings. The second-order valence-corrected chi connectivity index (χ2v) is 6.86. The number of imide groups is 1. The quantitative estimate of drug-likeness (QED) is 0.668. The molecule has 144 valence electrons. The van der Waals surface area contributed by atoms with Crippen LogP contribution in [-0.4, -0.2) is 85.3 Å². The van der Waals surface area contributed by atoms with Crippen LogP contribution in [0.4, 0.5) is 5.69 Å². The number of benzene rings is 2. The van der Waals surface area contributed by atoms with E-state index in [1.807, 2.05) is 36.0 Å². The Labute approximate surface area is 158 Å². The second-order valence-electron chi connectivity index (χ2n) is 6.86. The van der Waals surface area contributed by atoms with Gasteiger partial charge in [0.15, 0.2) is 0 Å². The van der Waals surface area contributed by atoms with Crippen molar-refractivity contribution in [2.45, 2.75) is 0 Å². The normalized spacial score (nSPS) is 13.7. The third-order valence-electron chi connectivity index (χ3n) is 4.82. The molecule has 0 aliphatic carbocycles. The summed E-state index contributed by atoms with van der Waals surface area (Å²) < 4.78 is 0. The van der Waals surface area contributed by atoms with Gasteiger partial charge in [0, 0.05) is 53.8 Å². The molecule has 3 rings (SSSR count). The molecule has 1 aliphatic heterocycles. The monoisotopic (exact) mass is 371 g/mol. The molecular formula is C20H25N3O4. The molecule has 2 amide bonds. The van der Waals surface area contributed by atoms with Crippen molar-refractivity contribution in [1.82, 2.24) is 9.80 Å². The SMILES string of the molecule is CN(C)CCN1C(=O)c2cccc3c(N(CCO)CCO)ccc(c23)C1=O. The smallest absolute Gasteiger partial charge is 0.261 e. The Bertz CT molecular complexity index is 837. The van der Waals surface area contributed by atoms with Gasteiger partial charge in [0.2, 0.25) is 0 Å². The first-order valence-corrected chi connectivity index (χ1v) is 9.03. The van der Waals surface area contributed by atoms with Crippen molar-refractivity contribution in [2.24, 2.45) is 0 Å². The van der Waals surface area contributed by atoms with Crippen LogP contribution >= 0.6 is 0 Å². The van der Waals surface area contributed by atoms with Gasteiger partial charge in [-0.1, -0.05) is 12.1 Å². The lowest BCUT2D eigenvalue weighted by atomic mass is 9.92. The van der Waals surface area contributed by atoms with E-state index in [0.717, 1.165) is 11.1 Å². The number of likely N-dealkylation sites (N-methyl/N-ethyl adjacent to an activating group) is 1. The van der Waals surface area contributed by atoms with Crippen molar-refractivity contribution in [2.75, 3.05) is 58.4 Å². The summed E-state index contributed by atoms with van der Waals surface area (Å²) in [5.74, 6) is -0.569. The van der Waals surface area contributed by atoms with Gasteiger partial charge in [0.1, 0.15) is 0 Å². The molecule has 0 unspecified atom stereocenters. The van der Waals surface area contributed by atoms with Gasteiger partial charge < -0.3 is 20.0 Å². The fraction of sp³-hybridized carbons (Fsp3) is 0.400. The summed E-state index contributed by atoms with van der Waals surface area (Å²) in [6.07, 6.45) is 0. The molecule has 1 aliphatic rings. The number of hydrogen-bond donors (Lipinski definition) is 2. The topological polar surface area (TPSA) is 84.3 Å². The van der Waals surface area contributed by atoms with Crippen LogP contribution in [0.3, 0.4) is 0 Å². The maximum Gasteiger partial charge on any atom is 0.261 e. The first-order chi connectivity index (χ1) is 13.0. The molecule has 2 N–H and O–H groups in total. The van der Waals surface area contributed by atoms with E-state index in [1.54, 1.807) is 18.2 Å². The number of aliphatic hydroxyl groups excluding tert-OH is 2. The molecule has 7 heteroatoms. The van der Waals surface area contributed by atoms with Crippen LogP contribution in [0, 0.1) is 0 Å². The number of carbonyl (C=O) groups excluding carboxylic acids is 2. The van der Waals surface area contributed by atoms with Gasteiger partial charge in [0.05, 0.1) is 13.2 Å². The van der Waals surface area contributed by atoms with E-state index in [-0.39, 0.29) is 25.0 Å². The predicted molar refractivity (Wildman–Crippen MR) is 104 cm³/mol. The molecule has 7 nitrogen and oxygen atoms in total. The third kappa shape index (κ3) is 3.53. The zero-order valence-corrected chi connectivity index (χ0v) is 15.7. The summed E-state index contributed by atoms with van der Waals surface area (Å²) in [4.78, 5) is 31.0. The maximum absolute atomic E-state index is 13.0. The fourth-order valence-corrected chi connectivity index (χ4v) is 3.50. The molecule has 0 fully saturated rings. The van der Waals surface area contributed by atoms with Crippen LogP contribution in [0.15, 0.2) is 30.3 Å². The van der Waals surface area contributed by atoms with Gasteiger partial charge >= 0.3 is 0 Å². The molecule has 0 saturated heterocycles. The molecule has 27 heavy (non-hydrogen) atoms. The molecule has 0 saturated carbocycles. The Morgan fingerprint density at radius 3 is 2.11 bits per heavy atom. The summed E-state index contributed by atoms with van der Waals surface area (Å²) in [5.41, 5.74) is 1.81. The van der Waals surface area contributed by atoms with Crippen LogP contribution in [0.5, 0.6) is 0 Å². The highest BCUT2D eigenvalue weighted by Gasteiger charge is 2.33. The molecule has 0 bridgehead atoms. The number of nitrogens with zero attached hydrogens (tertiary/aromatic N) is 3. The standard InChI is InChI=1S/C20H25N3O4/c1-21(2)8-9-23-19(26)15-5-3-4-14-17(22(10-12-24)11-13-25)7-6-16(18(14)15)20(23)27/h3-7,24-25H,8-13H2,1-2H3. The highest BCUT2D eigenvalue weighted by molar-refractivity contribution is 6.26. The molecule has 0 atom stereocenters. The van der Waals surface area contributed by atoms with E-state index >= 15 is 0 Å². The van der Waals surface area contributed by atoms with Crippen molar-refractivity contribution >= 4 is 28.3 Å². The van der Waals surface area contributed by atoms with Crippen LogP contribution < -0.4 is 4.90 Å². The molecule has 0 radical (unpaired) electrons. The molecule has 1 heterocycles. The van der Waals surface area contributed by atoms with E-state index in [1.165, 1.54) is 4.90 Å². The summed E-state index contributed by atoms with van der Waals surface area (Å²) in [6.45, 7) is 1.54. The average Bonchev–Trinajstić information content (AvgIpc) is 2.65. The van der Waals surface area contributed by atoms with Crippen molar-refractivity contribution < 1.29 is 19.8 Å². The van der Waals surface area contributed by atoms with E-state index in [9.17, 15) is 19.8 Å². The first kappa shape index (κ1) is 19.3. The molecule has 2 aromatic carbocycles. The lowest BCUT2D eigenvalue weighted by Crippen LogP contribution is -2.43. The van der Waals surface area contributed by atoms with Gasteiger partial charge in [-0.2, -0.15) is 0 Å². The van der Waals surface area contributed by atoms with E-state index in [4.69, 9.17) is 0 Å². The summed E-state index contributed by atoms with van der Waals surface area (Å²) in [7, 11) is 3.80. The van der Waals surface area contributed by atoms with Crippen molar-refractivity contribution in [1.29, 1.82) is 0 Å². The zero-order chi connectivity index (χ0) is 19.6. The van der Waals surface area contributed by atoms with E-state index < -0.39 is 0 Å².